The fourth-order valence-corrected chi connectivity index (χ4v) is 1.57. The van der Waals surface area contributed by atoms with Gasteiger partial charge >= 0.3 is 0 Å². The predicted octanol–water partition coefficient (Wildman–Crippen LogP) is 3.32. The van der Waals surface area contributed by atoms with Gasteiger partial charge in [-0.25, -0.2) is 4.98 Å². The summed E-state index contributed by atoms with van der Waals surface area (Å²) in [5.74, 6) is 1.47. The molecule has 0 saturated heterocycles. The summed E-state index contributed by atoms with van der Waals surface area (Å²) in [6.45, 7) is 2.23. The number of benzene rings is 1. The molecule has 0 saturated carbocycles. The first-order valence-corrected chi connectivity index (χ1v) is 5.33. The Morgan fingerprint density at radius 1 is 1.47 bits per heavy atom. The largest absolute Gasteiger partial charge is 0.487 e. The minimum absolute atomic E-state index is 0.424. The van der Waals surface area contributed by atoms with Crippen molar-refractivity contribution in [3.63, 3.8) is 0 Å². The van der Waals surface area contributed by atoms with E-state index in [0.29, 0.717) is 12.5 Å². The molecule has 0 amide bonds. The van der Waals surface area contributed by atoms with Gasteiger partial charge in [-0.05, 0) is 18.2 Å². The molecule has 0 aliphatic rings. The number of rotatable bonds is 3. The van der Waals surface area contributed by atoms with Gasteiger partial charge in [0, 0.05) is 11.4 Å². The Labute approximate surface area is 96.2 Å². The maximum absolute atomic E-state index is 5.53. The summed E-state index contributed by atoms with van der Waals surface area (Å²) in [5, 5.41) is 0. The lowest BCUT2D eigenvalue weighted by Crippen LogP contribution is -1.95. The Bertz CT molecular complexity index is 453. The van der Waals surface area contributed by atoms with Crippen LogP contribution in [0.25, 0.3) is 0 Å². The van der Waals surface area contributed by atoms with Crippen LogP contribution in [-0.4, -0.2) is 4.98 Å². The molecule has 0 spiro atoms. The summed E-state index contributed by atoms with van der Waals surface area (Å²) >= 11 is 3.38. The maximum atomic E-state index is 5.53. The molecule has 2 rings (SSSR count). The number of nitrogens with zero attached hydrogens (tertiary/aromatic N) is 1. The lowest BCUT2D eigenvalue weighted by atomic mass is 10.3. The molecular formula is C11H10BrNO2. The minimum Gasteiger partial charge on any atom is -0.487 e. The first-order chi connectivity index (χ1) is 7.24. The molecule has 4 heteroatoms. The van der Waals surface area contributed by atoms with Crippen molar-refractivity contribution in [1.82, 2.24) is 4.98 Å². The van der Waals surface area contributed by atoms with Crippen molar-refractivity contribution in [1.29, 1.82) is 0 Å². The van der Waals surface area contributed by atoms with Crippen molar-refractivity contribution < 1.29 is 9.15 Å². The molecule has 0 bridgehead atoms. The summed E-state index contributed by atoms with van der Waals surface area (Å²) in [5.41, 5.74) is 0.799. The highest BCUT2D eigenvalue weighted by Gasteiger charge is 2.01. The third-order valence-electron chi connectivity index (χ3n) is 1.85. The second kappa shape index (κ2) is 4.49. The molecular weight excluding hydrogens is 258 g/mol. The highest BCUT2D eigenvalue weighted by Crippen LogP contribution is 2.18. The van der Waals surface area contributed by atoms with Crippen LogP contribution in [0.4, 0.5) is 0 Å². The number of hydrogen-bond donors (Lipinski definition) is 0. The van der Waals surface area contributed by atoms with Crippen LogP contribution in [0.3, 0.4) is 0 Å². The molecule has 0 radical (unpaired) electrons. The Morgan fingerprint density at radius 2 is 2.33 bits per heavy atom. The van der Waals surface area contributed by atoms with Gasteiger partial charge in [-0.1, -0.05) is 22.0 Å². The molecule has 0 aliphatic heterocycles. The fraction of sp³-hybridized carbons (Fsp3) is 0.182. The topological polar surface area (TPSA) is 35.3 Å². The second-order valence-corrected chi connectivity index (χ2v) is 4.02. The van der Waals surface area contributed by atoms with Crippen LogP contribution >= 0.6 is 15.9 Å². The average molecular weight is 268 g/mol. The second-order valence-electron chi connectivity index (χ2n) is 3.10. The zero-order chi connectivity index (χ0) is 10.7. The van der Waals surface area contributed by atoms with E-state index in [1.54, 1.807) is 6.26 Å². The van der Waals surface area contributed by atoms with Gasteiger partial charge in [0.2, 0.25) is 0 Å². The predicted molar refractivity (Wildman–Crippen MR) is 59.7 cm³/mol. The van der Waals surface area contributed by atoms with Crippen LogP contribution in [0.2, 0.25) is 0 Å². The Morgan fingerprint density at radius 3 is 3.00 bits per heavy atom. The van der Waals surface area contributed by atoms with Gasteiger partial charge in [-0.3, -0.25) is 0 Å². The van der Waals surface area contributed by atoms with Crippen LogP contribution in [0.1, 0.15) is 11.6 Å². The summed E-state index contributed by atoms with van der Waals surface area (Å²) in [6, 6.07) is 7.69. The molecule has 3 nitrogen and oxygen atoms in total. The molecule has 0 aliphatic carbocycles. The highest BCUT2D eigenvalue weighted by atomic mass is 79.9. The molecule has 1 aromatic heterocycles. The van der Waals surface area contributed by atoms with Gasteiger partial charge in [0.15, 0.2) is 5.89 Å². The first kappa shape index (κ1) is 10.2. The Kier molecular flexibility index (Phi) is 3.06. The average Bonchev–Trinajstić information content (AvgIpc) is 2.62. The molecule has 0 unspecified atom stereocenters. The molecule has 0 fully saturated rings. The summed E-state index contributed by atoms with van der Waals surface area (Å²) in [6.07, 6.45) is 1.60. The zero-order valence-corrected chi connectivity index (χ0v) is 9.82. The van der Waals surface area contributed by atoms with Crippen molar-refractivity contribution in [3.05, 3.63) is 46.6 Å². The van der Waals surface area contributed by atoms with Crippen molar-refractivity contribution in [2.24, 2.45) is 0 Å². The summed E-state index contributed by atoms with van der Waals surface area (Å²) in [4.78, 5) is 4.14. The fourth-order valence-electron chi connectivity index (χ4n) is 1.19. The van der Waals surface area contributed by atoms with Gasteiger partial charge in [-0.2, -0.15) is 0 Å². The first-order valence-electron chi connectivity index (χ1n) is 4.53. The zero-order valence-electron chi connectivity index (χ0n) is 8.24. The number of halogens is 1. The van der Waals surface area contributed by atoms with E-state index < -0.39 is 0 Å². The van der Waals surface area contributed by atoms with Gasteiger partial charge in [0.25, 0.3) is 0 Å². The third kappa shape index (κ3) is 2.83. The van der Waals surface area contributed by atoms with Gasteiger partial charge in [0.05, 0.1) is 0 Å². The van der Waals surface area contributed by atoms with E-state index in [1.165, 1.54) is 0 Å². The number of hydrogen-bond acceptors (Lipinski definition) is 3. The Hall–Kier alpha value is -1.29. The molecule has 15 heavy (non-hydrogen) atoms. The van der Waals surface area contributed by atoms with Crippen molar-refractivity contribution in [2.45, 2.75) is 13.5 Å². The van der Waals surface area contributed by atoms with E-state index >= 15 is 0 Å². The molecule has 2 aromatic rings. The van der Waals surface area contributed by atoms with E-state index in [0.717, 1.165) is 15.9 Å². The Balaban J connectivity index is 1.99. The molecule has 1 aromatic carbocycles. The third-order valence-corrected chi connectivity index (χ3v) is 2.34. The highest BCUT2D eigenvalue weighted by molar-refractivity contribution is 9.10. The normalized spacial score (nSPS) is 10.3. The smallest absolute Gasteiger partial charge is 0.191 e. The summed E-state index contributed by atoms with van der Waals surface area (Å²) < 4.78 is 11.6. The lowest BCUT2D eigenvalue weighted by molar-refractivity contribution is 0.301. The standard InChI is InChI=1S/C11H10BrNO2/c1-8-13-10(6-14-8)7-15-11-4-2-3-9(12)5-11/h2-6H,7H2,1H3. The van der Waals surface area contributed by atoms with Crippen LogP contribution in [0, 0.1) is 6.92 Å². The van der Waals surface area contributed by atoms with Crippen molar-refractivity contribution in [2.75, 3.05) is 0 Å². The van der Waals surface area contributed by atoms with E-state index in [-0.39, 0.29) is 0 Å². The van der Waals surface area contributed by atoms with Crippen LogP contribution in [0.5, 0.6) is 5.75 Å². The molecule has 0 N–H and O–H groups in total. The van der Waals surface area contributed by atoms with Gasteiger partial charge < -0.3 is 9.15 Å². The van der Waals surface area contributed by atoms with Crippen molar-refractivity contribution >= 4 is 15.9 Å². The van der Waals surface area contributed by atoms with Crippen LogP contribution < -0.4 is 4.74 Å². The number of aromatic nitrogens is 1. The molecule has 0 atom stereocenters. The minimum atomic E-state index is 0.424. The summed E-state index contributed by atoms with van der Waals surface area (Å²) in [7, 11) is 0. The molecule has 1 heterocycles. The van der Waals surface area contributed by atoms with Gasteiger partial charge in [0.1, 0.15) is 24.3 Å². The van der Waals surface area contributed by atoms with Crippen LogP contribution in [0.15, 0.2) is 39.4 Å². The lowest BCUT2D eigenvalue weighted by Gasteiger charge is -2.03. The van der Waals surface area contributed by atoms with E-state index in [2.05, 4.69) is 20.9 Å². The number of oxazole rings is 1. The van der Waals surface area contributed by atoms with E-state index in [4.69, 9.17) is 9.15 Å². The number of ether oxygens (including phenoxy) is 1. The quantitative estimate of drug-likeness (QED) is 0.856. The maximum Gasteiger partial charge on any atom is 0.191 e. The van der Waals surface area contributed by atoms with Crippen molar-refractivity contribution in [3.8, 4) is 5.75 Å². The number of aryl methyl sites for hydroxylation is 1. The van der Waals surface area contributed by atoms with Crippen LogP contribution in [-0.2, 0) is 6.61 Å². The van der Waals surface area contributed by atoms with E-state index in [9.17, 15) is 0 Å². The monoisotopic (exact) mass is 267 g/mol. The van der Waals surface area contributed by atoms with Gasteiger partial charge in [-0.15, -0.1) is 0 Å². The van der Waals surface area contributed by atoms with E-state index in [1.807, 2.05) is 31.2 Å². The molecule has 78 valence electrons. The SMILES string of the molecule is Cc1nc(COc2cccc(Br)c2)co1.